The predicted octanol–water partition coefficient (Wildman–Crippen LogP) is 4.40. The van der Waals surface area contributed by atoms with Crippen LogP contribution < -0.4 is 5.73 Å². The van der Waals surface area contributed by atoms with Gasteiger partial charge in [0.1, 0.15) is 16.2 Å². The monoisotopic (exact) mass is 407 g/mol. The number of aromatic nitrogens is 2. The minimum Gasteiger partial charge on any atom is -0.370 e. The summed E-state index contributed by atoms with van der Waals surface area (Å²) in [7, 11) is 0. The van der Waals surface area contributed by atoms with Crippen LogP contribution >= 0.6 is 39.0 Å². The van der Waals surface area contributed by atoms with E-state index in [-0.39, 0.29) is 5.91 Å². The predicted molar refractivity (Wildman–Crippen MR) is 99.8 cm³/mol. The summed E-state index contributed by atoms with van der Waals surface area (Å²) in [6, 6.07) is 8.23. The van der Waals surface area contributed by atoms with Crippen LogP contribution in [0.3, 0.4) is 0 Å². The van der Waals surface area contributed by atoms with Crippen molar-refractivity contribution >= 4 is 55.2 Å². The van der Waals surface area contributed by atoms with Crippen molar-refractivity contribution in [2.24, 2.45) is 5.73 Å². The highest BCUT2D eigenvalue weighted by molar-refractivity contribution is 9.10. The SMILES string of the molecule is Cc1sc2ncnc(SCCC(N)=O)c2c1-c1ccc(Br)cc1. The van der Waals surface area contributed by atoms with E-state index >= 15 is 0 Å². The first kappa shape index (κ1) is 16.4. The molecule has 0 unspecified atom stereocenters. The van der Waals surface area contributed by atoms with E-state index in [1.807, 2.05) is 12.1 Å². The lowest BCUT2D eigenvalue weighted by atomic mass is 10.0. The fourth-order valence-corrected chi connectivity index (χ4v) is 4.64. The molecule has 0 aliphatic rings. The third-order valence-electron chi connectivity index (χ3n) is 3.35. The van der Waals surface area contributed by atoms with Crippen LogP contribution in [0.5, 0.6) is 0 Å². The first-order valence-electron chi connectivity index (χ1n) is 6.97. The minimum atomic E-state index is -0.294. The first-order chi connectivity index (χ1) is 11.1. The Bertz CT molecular complexity index is 862. The van der Waals surface area contributed by atoms with Crippen LogP contribution in [0.25, 0.3) is 21.3 Å². The van der Waals surface area contributed by atoms with Gasteiger partial charge in [0.05, 0.1) is 5.39 Å². The second kappa shape index (κ2) is 6.98. The van der Waals surface area contributed by atoms with E-state index in [9.17, 15) is 4.79 Å². The van der Waals surface area contributed by atoms with E-state index < -0.39 is 0 Å². The number of carbonyl (C=O) groups excluding carboxylic acids is 1. The van der Waals surface area contributed by atoms with Crippen molar-refractivity contribution in [1.82, 2.24) is 9.97 Å². The van der Waals surface area contributed by atoms with Gasteiger partial charge in [-0.05, 0) is 24.6 Å². The molecule has 2 heterocycles. The molecule has 1 aromatic carbocycles. The van der Waals surface area contributed by atoms with Crippen LogP contribution in [0.2, 0.25) is 0 Å². The van der Waals surface area contributed by atoms with Crippen LogP contribution in [0.15, 0.2) is 40.1 Å². The van der Waals surface area contributed by atoms with E-state index in [1.165, 1.54) is 10.4 Å². The molecule has 23 heavy (non-hydrogen) atoms. The van der Waals surface area contributed by atoms with Gasteiger partial charge in [-0.15, -0.1) is 23.1 Å². The fourth-order valence-electron chi connectivity index (χ4n) is 2.34. The molecule has 2 aromatic heterocycles. The van der Waals surface area contributed by atoms with Gasteiger partial charge < -0.3 is 5.73 Å². The van der Waals surface area contributed by atoms with Crippen molar-refractivity contribution in [2.75, 3.05) is 5.75 Å². The molecular weight excluding hydrogens is 394 g/mol. The van der Waals surface area contributed by atoms with E-state index in [2.05, 4.69) is 45.0 Å². The van der Waals surface area contributed by atoms with Crippen molar-refractivity contribution in [2.45, 2.75) is 18.4 Å². The number of amides is 1. The highest BCUT2D eigenvalue weighted by Crippen LogP contribution is 2.41. The maximum atomic E-state index is 11.0. The number of nitrogens with two attached hydrogens (primary N) is 1. The summed E-state index contributed by atoms with van der Waals surface area (Å²) in [6.45, 7) is 2.10. The van der Waals surface area contributed by atoms with E-state index in [4.69, 9.17) is 5.73 Å². The lowest BCUT2D eigenvalue weighted by molar-refractivity contribution is -0.117. The van der Waals surface area contributed by atoms with Crippen LogP contribution in [0.4, 0.5) is 0 Å². The summed E-state index contributed by atoms with van der Waals surface area (Å²) in [6.07, 6.45) is 1.92. The molecular formula is C16H14BrN3OS2. The molecule has 4 nitrogen and oxygen atoms in total. The molecule has 0 saturated carbocycles. The topological polar surface area (TPSA) is 68.9 Å². The van der Waals surface area contributed by atoms with Gasteiger partial charge in [0, 0.05) is 27.1 Å². The number of halogens is 1. The van der Waals surface area contributed by atoms with Gasteiger partial charge in [0.2, 0.25) is 5.91 Å². The van der Waals surface area contributed by atoms with Crippen molar-refractivity contribution in [1.29, 1.82) is 0 Å². The van der Waals surface area contributed by atoms with Gasteiger partial charge in [-0.25, -0.2) is 9.97 Å². The number of benzene rings is 1. The number of fused-ring (bicyclic) bond motifs is 1. The number of aryl methyl sites for hydroxylation is 1. The molecule has 0 atom stereocenters. The highest BCUT2D eigenvalue weighted by Gasteiger charge is 2.17. The minimum absolute atomic E-state index is 0.294. The Kier molecular flexibility index (Phi) is 4.99. The standard InChI is InChI=1S/C16H14BrN3OS2/c1-9-13(10-2-4-11(17)5-3-10)14-15(22-7-6-12(18)21)19-8-20-16(14)23-9/h2-5,8H,6-7H2,1H3,(H2,18,21). The molecule has 0 bridgehead atoms. The van der Waals surface area contributed by atoms with Gasteiger partial charge in [-0.1, -0.05) is 28.1 Å². The molecule has 118 valence electrons. The molecule has 0 spiro atoms. The number of carbonyl (C=O) groups is 1. The van der Waals surface area contributed by atoms with E-state index in [0.717, 1.165) is 25.3 Å². The Balaban J connectivity index is 2.08. The van der Waals surface area contributed by atoms with Gasteiger partial charge in [-0.2, -0.15) is 0 Å². The number of hydrogen-bond acceptors (Lipinski definition) is 5. The third-order valence-corrected chi connectivity index (χ3v) is 5.88. The Morgan fingerprint density at radius 3 is 2.74 bits per heavy atom. The van der Waals surface area contributed by atoms with Gasteiger partial charge in [0.25, 0.3) is 0 Å². The van der Waals surface area contributed by atoms with E-state index in [1.54, 1.807) is 29.4 Å². The van der Waals surface area contributed by atoms with Crippen molar-refractivity contribution in [3.05, 3.63) is 39.9 Å². The molecule has 2 N–H and O–H groups in total. The Labute approximate surface area is 150 Å². The normalized spacial score (nSPS) is 11.0. The maximum Gasteiger partial charge on any atom is 0.218 e. The Hall–Kier alpha value is -1.44. The van der Waals surface area contributed by atoms with Gasteiger partial charge in [0.15, 0.2) is 0 Å². The van der Waals surface area contributed by atoms with Gasteiger partial charge in [-0.3, -0.25) is 4.79 Å². The zero-order chi connectivity index (χ0) is 16.4. The molecule has 3 rings (SSSR count). The maximum absolute atomic E-state index is 11.0. The molecule has 3 aromatic rings. The summed E-state index contributed by atoms with van der Waals surface area (Å²) in [5.74, 6) is 0.327. The fraction of sp³-hybridized carbons (Fsp3) is 0.188. The van der Waals surface area contributed by atoms with Crippen molar-refractivity contribution in [3.8, 4) is 11.1 Å². The smallest absolute Gasteiger partial charge is 0.218 e. The summed E-state index contributed by atoms with van der Waals surface area (Å²) in [5.41, 5.74) is 7.53. The number of thioether (sulfide) groups is 1. The number of thiophene rings is 1. The molecule has 0 aliphatic carbocycles. The molecule has 0 radical (unpaired) electrons. The van der Waals surface area contributed by atoms with Crippen LogP contribution in [0, 0.1) is 6.92 Å². The summed E-state index contributed by atoms with van der Waals surface area (Å²) >= 11 is 6.68. The zero-order valence-electron chi connectivity index (χ0n) is 12.4. The largest absolute Gasteiger partial charge is 0.370 e. The third kappa shape index (κ3) is 3.57. The van der Waals surface area contributed by atoms with Crippen molar-refractivity contribution in [3.63, 3.8) is 0 Å². The molecule has 0 saturated heterocycles. The highest BCUT2D eigenvalue weighted by atomic mass is 79.9. The Morgan fingerprint density at radius 1 is 1.30 bits per heavy atom. The Morgan fingerprint density at radius 2 is 2.04 bits per heavy atom. The van der Waals surface area contributed by atoms with Gasteiger partial charge >= 0.3 is 0 Å². The quantitative estimate of drug-likeness (QED) is 0.502. The second-order valence-electron chi connectivity index (χ2n) is 4.96. The zero-order valence-corrected chi connectivity index (χ0v) is 15.6. The van der Waals surface area contributed by atoms with Crippen molar-refractivity contribution < 1.29 is 4.79 Å². The molecule has 7 heteroatoms. The average molecular weight is 408 g/mol. The summed E-state index contributed by atoms with van der Waals surface area (Å²) in [4.78, 5) is 21.9. The molecule has 1 amide bonds. The molecule has 0 aliphatic heterocycles. The van der Waals surface area contributed by atoms with Crippen LogP contribution in [-0.4, -0.2) is 21.6 Å². The summed E-state index contributed by atoms with van der Waals surface area (Å²) in [5, 5.41) is 1.96. The number of hydrogen-bond donors (Lipinski definition) is 1. The number of nitrogens with zero attached hydrogens (tertiary/aromatic N) is 2. The average Bonchev–Trinajstić information content (AvgIpc) is 2.85. The first-order valence-corrected chi connectivity index (χ1v) is 9.57. The number of rotatable bonds is 5. The molecule has 0 fully saturated rings. The lowest BCUT2D eigenvalue weighted by Crippen LogP contribution is -2.10. The summed E-state index contributed by atoms with van der Waals surface area (Å²) < 4.78 is 1.05. The lowest BCUT2D eigenvalue weighted by Gasteiger charge is -2.06. The van der Waals surface area contributed by atoms with Crippen LogP contribution in [0.1, 0.15) is 11.3 Å². The second-order valence-corrected chi connectivity index (χ2v) is 8.17. The van der Waals surface area contributed by atoms with Crippen LogP contribution in [-0.2, 0) is 4.79 Å². The van der Waals surface area contributed by atoms with E-state index in [0.29, 0.717) is 12.2 Å². The number of primary amides is 1.